The zero-order valence-electron chi connectivity index (χ0n) is 13.9. The van der Waals surface area contributed by atoms with E-state index in [1.54, 1.807) is 4.90 Å². The second kappa shape index (κ2) is 6.80. The number of H-pyrrole nitrogens is 1. The number of rotatable bonds is 3. The van der Waals surface area contributed by atoms with Gasteiger partial charge in [-0.1, -0.05) is 30.3 Å². The van der Waals surface area contributed by atoms with Crippen LogP contribution in [-0.4, -0.2) is 37.5 Å². The van der Waals surface area contributed by atoms with Crippen LogP contribution in [-0.2, 0) is 11.3 Å². The van der Waals surface area contributed by atoms with Crippen LogP contribution in [0, 0.1) is 11.3 Å². The summed E-state index contributed by atoms with van der Waals surface area (Å²) in [5.41, 5.74) is 2.10. The molecular formula is C18H16N6O2. The minimum Gasteiger partial charge on any atom is -0.445 e. The van der Waals surface area contributed by atoms with E-state index in [0.29, 0.717) is 23.5 Å². The molecule has 3 aromatic rings. The fourth-order valence-corrected chi connectivity index (χ4v) is 3.16. The fraction of sp³-hybridized carbons (Fsp3) is 0.278. The number of imidazole rings is 1. The standard InChI is InChI=1S/C18H16N6O2/c19-9-13-15-17(21-11-20-13)23-16(22-15)14-7-4-8-24(14)18(25)26-10-12-5-2-1-3-6-12/h1-3,5-6,11,14H,4,7-8,10H2,(H,20,21,22,23)/t14-/m1/s1. The predicted molar refractivity (Wildman–Crippen MR) is 91.7 cm³/mol. The Bertz CT molecular complexity index is 978. The molecule has 1 aliphatic rings. The van der Waals surface area contributed by atoms with E-state index in [1.165, 1.54) is 6.33 Å². The zero-order chi connectivity index (χ0) is 17.9. The highest BCUT2D eigenvalue weighted by molar-refractivity contribution is 5.76. The lowest BCUT2D eigenvalue weighted by Crippen LogP contribution is -2.31. The normalized spacial score (nSPS) is 16.6. The minimum absolute atomic E-state index is 0.223. The number of nitrogens with one attached hydrogen (secondary N) is 1. The third-order valence-electron chi connectivity index (χ3n) is 4.42. The van der Waals surface area contributed by atoms with Gasteiger partial charge in [-0.05, 0) is 18.4 Å². The van der Waals surface area contributed by atoms with Gasteiger partial charge in [0.05, 0.1) is 6.04 Å². The number of nitrogens with zero attached hydrogens (tertiary/aromatic N) is 5. The Morgan fingerprint density at radius 2 is 2.19 bits per heavy atom. The molecule has 0 aliphatic carbocycles. The van der Waals surface area contributed by atoms with Gasteiger partial charge in [0.15, 0.2) is 11.3 Å². The summed E-state index contributed by atoms with van der Waals surface area (Å²) < 4.78 is 5.45. The lowest BCUT2D eigenvalue weighted by Gasteiger charge is -2.22. The molecule has 0 saturated carbocycles. The number of amides is 1. The minimum atomic E-state index is -0.372. The predicted octanol–water partition coefficient (Wildman–Crippen LogP) is 2.70. The van der Waals surface area contributed by atoms with E-state index >= 15 is 0 Å². The number of carbonyl (C=O) groups excluding carboxylic acids is 1. The van der Waals surface area contributed by atoms with Crippen molar-refractivity contribution in [2.75, 3.05) is 6.54 Å². The molecule has 8 nitrogen and oxygen atoms in total. The van der Waals surface area contributed by atoms with Gasteiger partial charge in [0.2, 0.25) is 0 Å². The first kappa shape index (κ1) is 16.0. The fourth-order valence-electron chi connectivity index (χ4n) is 3.16. The van der Waals surface area contributed by atoms with Gasteiger partial charge < -0.3 is 9.72 Å². The molecule has 130 valence electrons. The van der Waals surface area contributed by atoms with Crippen molar-refractivity contribution >= 4 is 17.3 Å². The van der Waals surface area contributed by atoms with Gasteiger partial charge in [-0.25, -0.2) is 19.7 Å². The van der Waals surface area contributed by atoms with Crippen molar-refractivity contribution in [1.29, 1.82) is 5.26 Å². The molecule has 0 radical (unpaired) electrons. The van der Waals surface area contributed by atoms with Crippen molar-refractivity contribution in [2.24, 2.45) is 0 Å². The zero-order valence-corrected chi connectivity index (χ0v) is 13.9. The van der Waals surface area contributed by atoms with Gasteiger partial charge in [-0.2, -0.15) is 5.26 Å². The first-order chi connectivity index (χ1) is 12.8. The van der Waals surface area contributed by atoms with Crippen molar-refractivity contribution in [3.05, 3.63) is 53.7 Å². The summed E-state index contributed by atoms with van der Waals surface area (Å²) in [5, 5.41) is 9.16. The first-order valence-electron chi connectivity index (χ1n) is 8.34. The molecule has 0 spiro atoms. The van der Waals surface area contributed by atoms with Crippen molar-refractivity contribution in [3.63, 3.8) is 0 Å². The van der Waals surface area contributed by atoms with Crippen LogP contribution in [0.5, 0.6) is 0 Å². The number of hydrogen-bond donors (Lipinski definition) is 1. The Kier molecular flexibility index (Phi) is 4.19. The molecule has 1 aliphatic heterocycles. The van der Waals surface area contributed by atoms with Gasteiger partial charge in [-0.3, -0.25) is 4.90 Å². The van der Waals surface area contributed by atoms with E-state index in [-0.39, 0.29) is 24.4 Å². The Morgan fingerprint density at radius 3 is 3.00 bits per heavy atom. The Hall–Kier alpha value is -3.47. The number of carbonyl (C=O) groups is 1. The molecule has 1 fully saturated rings. The Labute approximate surface area is 149 Å². The molecule has 3 heterocycles. The van der Waals surface area contributed by atoms with Gasteiger partial charge in [-0.15, -0.1) is 0 Å². The van der Waals surface area contributed by atoms with E-state index in [9.17, 15) is 4.79 Å². The maximum Gasteiger partial charge on any atom is 0.410 e. The molecule has 4 rings (SSSR count). The van der Waals surface area contributed by atoms with Crippen LogP contribution in [0.15, 0.2) is 36.7 Å². The number of ether oxygens (including phenoxy) is 1. The number of aromatic amines is 1. The highest BCUT2D eigenvalue weighted by Crippen LogP contribution is 2.32. The van der Waals surface area contributed by atoms with Crippen LogP contribution in [0.1, 0.15) is 36.0 Å². The summed E-state index contributed by atoms with van der Waals surface area (Å²) in [6.45, 7) is 0.833. The van der Waals surface area contributed by atoms with Crippen LogP contribution in [0.25, 0.3) is 11.2 Å². The number of likely N-dealkylation sites (tertiary alicyclic amines) is 1. The lowest BCUT2D eigenvalue weighted by molar-refractivity contribution is 0.0910. The summed E-state index contributed by atoms with van der Waals surface area (Å²) in [6, 6.07) is 11.4. The van der Waals surface area contributed by atoms with Crippen LogP contribution in [0.3, 0.4) is 0 Å². The summed E-state index contributed by atoms with van der Waals surface area (Å²) >= 11 is 0. The van der Waals surface area contributed by atoms with Crippen molar-refractivity contribution < 1.29 is 9.53 Å². The third kappa shape index (κ3) is 2.95. The molecule has 8 heteroatoms. The second-order valence-electron chi connectivity index (χ2n) is 6.05. The molecule has 26 heavy (non-hydrogen) atoms. The van der Waals surface area contributed by atoms with Crippen LogP contribution >= 0.6 is 0 Å². The van der Waals surface area contributed by atoms with Gasteiger partial charge in [0.25, 0.3) is 0 Å². The largest absolute Gasteiger partial charge is 0.445 e. The molecule has 1 atom stereocenters. The molecule has 1 aromatic carbocycles. The SMILES string of the molecule is N#Cc1ncnc2nc([C@H]3CCCN3C(=O)OCc3ccccc3)[nH]c12. The van der Waals surface area contributed by atoms with E-state index < -0.39 is 0 Å². The van der Waals surface area contributed by atoms with E-state index in [4.69, 9.17) is 10.00 Å². The summed E-state index contributed by atoms with van der Waals surface area (Å²) in [5.74, 6) is 0.603. The van der Waals surface area contributed by atoms with Crippen molar-refractivity contribution in [2.45, 2.75) is 25.5 Å². The molecular weight excluding hydrogens is 332 g/mol. The first-order valence-corrected chi connectivity index (χ1v) is 8.34. The smallest absolute Gasteiger partial charge is 0.410 e. The molecule has 0 bridgehead atoms. The van der Waals surface area contributed by atoms with Crippen LogP contribution in [0.2, 0.25) is 0 Å². The highest BCUT2D eigenvalue weighted by Gasteiger charge is 2.33. The maximum atomic E-state index is 12.5. The van der Waals surface area contributed by atoms with Gasteiger partial charge >= 0.3 is 6.09 Å². The molecule has 1 N–H and O–H groups in total. The maximum absolute atomic E-state index is 12.5. The monoisotopic (exact) mass is 348 g/mol. The van der Waals surface area contributed by atoms with Crippen molar-refractivity contribution in [3.8, 4) is 6.07 Å². The number of nitriles is 1. The average Bonchev–Trinajstić information content (AvgIpc) is 3.33. The van der Waals surface area contributed by atoms with E-state index in [2.05, 4.69) is 19.9 Å². The summed E-state index contributed by atoms with van der Waals surface area (Å²) in [4.78, 5) is 29.8. The number of hydrogen-bond acceptors (Lipinski definition) is 6. The molecule has 1 amide bonds. The topological polar surface area (TPSA) is 108 Å². The highest BCUT2D eigenvalue weighted by atomic mass is 16.6. The van der Waals surface area contributed by atoms with Gasteiger partial charge in [0.1, 0.15) is 30.3 Å². The number of fused-ring (bicyclic) bond motifs is 1. The Balaban J connectivity index is 1.53. The quantitative estimate of drug-likeness (QED) is 0.779. The van der Waals surface area contributed by atoms with Crippen LogP contribution in [0.4, 0.5) is 4.79 Å². The molecule has 1 saturated heterocycles. The second-order valence-corrected chi connectivity index (χ2v) is 6.05. The lowest BCUT2D eigenvalue weighted by atomic mass is 10.2. The molecule has 2 aromatic heterocycles. The summed E-state index contributed by atoms with van der Waals surface area (Å²) in [6.07, 6.45) is 2.57. The van der Waals surface area contributed by atoms with E-state index in [0.717, 1.165) is 18.4 Å². The average molecular weight is 348 g/mol. The van der Waals surface area contributed by atoms with Gasteiger partial charge in [0, 0.05) is 6.54 Å². The Morgan fingerprint density at radius 1 is 1.35 bits per heavy atom. The summed E-state index contributed by atoms with van der Waals surface area (Å²) in [7, 11) is 0. The van der Waals surface area contributed by atoms with Crippen LogP contribution < -0.4 is 0 Å². The van der Waals surface area contributed by atoms with Crippen molar-refractivity contribution in [1.82, 2.24) is 24.8 Å². The molecule has 0 unspecified atom stereocenters. The number of aromatic nitrogens is 4. The number of benzene rings is 1. The van der Waals surface area contributed by atoms with E-state index in [1.807, 2.05) is 36.4 Å². The third-order valence-corrected chi connectivity index (χ3v) is 4.42.